The van der Waals surface area contributed by atoms with E-state index < -0.39 is 12.0 Å². The highest BCUT2D eigenvalue weighted by molar-refractivity contribution is 6.09. The van der Waals surface area contributed by atoms with Gasteiger partial charge >= 0.3 is 5.97 Å². The summed E-state index contributed by atoms with van der Waals surface area (Å²) in [4.78, 5) is 42.4. The quantitative estimate of drug-likeness (QED) is 0.213. The van der Waals surface area contributed by atoms with Gasteiger partial charge in [0.05, 0.1) is 11.8 Å². The van der Waals surface area contributed by atoms with E-state index in [4.69, 9.17) is 4.74 Å². The topological polar surface area (TPSA) is 63.7 Å². The highest BCUT2D eigenvalue weighted by atomic mass is 16.5. The predicted octanol–water partition coefficient (Wildman–Crippen LogP) is 4.92. The van der Waals surface area contributed by atoms with Gasteiger partial charge in [0.2, 0.25) is 11.8 Å². The SMILES string of the molecule is O=C(Oc1ccc(-c2ccccc2)cc1)[C@H](Cc1ccccc1)N1C(=O)[C@@H]2[C@H]3C=C[C@@H]([C@@H]4C[C@@H]34)[C@@H]2C1=O. The van der Waals surface area contributed by atoms with E-state index in [1.807, 2.05) is 72.8 Å². The molecule has 2 bridgehead atoms. The van der Waals surface area contributed by atoms with Crippen LogP contribution in [-0.4, -0.2) is 28.7 Å². The van der Waals surface area contributed by atoms with Crippen LogP contribution in [0.3, 0.4) is 0 Å². The number of esters is 1. The summed E-state index contributed by atoms with van der Waals surface area (Å²) in [6.07, 6.45) is 5.62. The number of hydrogen-bond acceptors (Lipinski definition) is 4. The molecule has 4 aliphatic carbocycles. The molecule has 37 heavy (non-hydrogen) atoms. The average molecular weight is 490 g/mol. The number of carbonyl (C=O) groups is 3. The molecule has 3 fully saturated rings. The maximum atomic E-state index is 13.8. The molecule has 7 atom stereocenters. The van der Waals surface area contributed by atoms with E-state index >= 15 is 0 Å². The molecule has 1 saturated heterocycles. The van der Waals surface area contributed by atoms with Crippen LogP contribution in [0.25, 0.3) is 11.1 Å². The lowest BCUT2D eigenvalue weighted by atomic mass is 9.63. The molecule has 5 heteroatoms. The number of benzene rings is 3. The van der Waals surface area contributed by atoms with Crippen molar-refractivity contribution in [2.75, 3.05) is 0 Å². The summed E-state index contributed by atoms with van der Waals surface area (Å²) in [5, 5.41) is 0. The number of rotatable bonds is 6. The van der Waals surface area contributed by atoms with Crippen LogP contribution in [-0.2, 0) is 20.8 Å². The Labute approximate surface area is 215 Å². The molecule has 8 rings (SSSR count). The molecule has 0 unspecified atom stereocenters. The van der Waals surface area contributed by atoms with Gasteiger partial charge in [0.25, 0.3) is 0 Å². The molecule has 5 aliphatic rings. The van der Waals surface area contributed by atoms with Gasteiger partial charge in [0.1, 0.15) is 11.8 Å². The maximum absolute atomic E-state index is 13.8. The zero-order valence-electron chi connectivity index (χ0n) is 20.3. The van der Waals surface area contributed by atoms with E-state index in [0.29, 0.717) is 17.6 Å². The molecular weight excluding hydrogens is 462 g/mol. The first-order valence-corrected chi connectivity index (χ1v) is 13.1. The number of allylic oxidation sites excluding steroid dienone is 2. The van der Waals surface area contributed by atoms with Gasteiger partial charge in [-0.2, -0.15) is 0 Å². The van der Waals surface area contributed by atoms with Gasteiger partial charge in [-0.25, -0.2) is 4.79 Å². The maximum Gasteiger partial charge on any atom is 0.335 e. The first-order chi connectivity index (χ1) is 18.1. The largest absolute Gasteiger partial charge is 0.425 e. The van der Waals surface area contributed by atoms with E-state index in [1.54, 1.807) is 12.1 Å². The Hall–Kier alpha value is -3.99. The molecule has 184 valence electrons. The van der Waals surface area contributed by atoms with Crippen LogP contribution >= 0.6 is 0 Å². The summed E-state index contributed by atoms with van der Waals surface area (Å²) in [5.74, 6) is -0.0599. The summed E-state index contributed by atoms with van der Waals surface area (Å²) in [7, 11) is 0. The molecule has 1 heterocycles. The van der Waals surface area contributed by atoms with Gasteiger partial charge in [-0.05, 0) is 58.9 Å². The summed E-state index contributed by atoms with van der Waals surface area (Å²) in [6.45, 7) is 0. The smallest absolute Gasteiger partial charge is 0.335 e. The third kappa shape index (κ3) is 3.64. The highest BCUT2D eigenvalue weighted by Gasteiger charge is 2.68. The molecule has 0 aromatic heterocycles. The Morgan fingerprint density at radius 1 is 0.757 bits per heavy atom. The first-order valence-electron chi connectivity index (χ1n) is 13.1. The summed E-state index contributed by atoms with van der Waals surface area (Å²) >= 11 is 0. The van der Waals surface area contributed by atoms with Crippen molar-refractivity contribution in [2.45, 2.75) is 18.9 Å². The predicted molar refractivity (Wildman–Crippen MR) is 138 cm³/mol. The minimum Gasteiger partial charge on any atom is -0.425 e. The van der Waals surface area contributed by atoms with E-state index in [2.05, 4.69) is 12.2 Å². The lowest BCUT2D eigenvalue weighted by Gasteiger charge is -2.37. The van der Waals surface area contributed by atoms with Crippen LogP contribution in [0.5, 0.6) is 5.75 Å². The third-order valence-electron chi connectivity index (χ3n) is 8.73. The van der Waals surface area contributed by atoms with Crippen molar-refractivity contribution in [1.29, 1.82) is 0 Å². The molecule has 1 aliphatic heterocycles. The van der Waals surface area contributed by atoms with Crippen molar-refractivity contribution in [3.63, 3.8) is 0 Å². The number of hydrogen-bond donors (Lipinski definition) is 0. The third-order valence-corrected chi connectivity index (χ3v) is 8.73. The summed E-state index contributed by atoms with van der Waals surface area (Å²) in [6, 6.07) is 25.8. The molecule has 0 spiro atoms. The van der Waals surface area contributed by atoms with Crippen LogP contribution < -0.4 is 4.74 Å². The normalized spacial score (nSPS) is 29.6. The molecule has 0 N–H and O–H groups in total. The molecule has 0 radical (unpaired) electrons. The van der Waals surface area contributed by atoms with Crippen LogP contribution in [0, 0.1) is 35.5 Å². The van der Waals surface area contributed by atoms with Crippen LogP contribution in [0.1, 0.15) is 12.0 Å². The number of ether oxygens (including phenoxy) is 1. The minimum absolute atomic E-state index is 0.111. The van der Waals surface area contributed by atoms with Crippen molar-refractivity contribution >= 4 is 17.8 Å². The van der Waals surface area contributed by atoms with E-state index in [9.17, 15) is 14.4 Å². The lowest BCUT2D eigenvalue weighted by molar-refractivity contribution is -0.153. The lowest BCUT2D eigenvalue weighted by Crippen LogP contribution is -2.48. The van der Waals surface area contributed by atoms with Gasteiger partial charge in [-0.15, -0.1) is 0 Å². The van der Waals surface area contributed by atoms with Gasteiger partial charge in [0, 0.05) is 6.42 Å². The molecule has 2 amide bonds. The number of likely N-dealkylation sites (tertiary alicyclic amines) is 1. The van der Waals surface area contributed by atoms with Crippen molar-refractivity contribution in [1.82, 2.24) is 4.90 Å². The van der Waals surface area contributed by atoms with Gasteiger partial charge in [-0.1, -0.05) is 84.9 Å². The zero-order chi connectivity index (χ0) is 25.1. The van der Waals surface area contributed by atoms with Gasteiger partial charge in [0.15, 0.2) is 0 Å². The Balaban J connectivity index is 1.17. The Kier molecular flexibility index (Phi) is 5.13. The molecule has 2 saturated carbocycles. The average Bonchev–Trinajstić information content (AvgIpc) is 3.72. The fraction of sp³-hybridized carbons (Fsp3) is 0.281. The first kappa shape index (κ1) is 22.2. The second-order valence-corrected chi connectivity index (χ2v) is 10.7. The van der Waals surface area contributed by atoms with Crippen LogP contribution in [0.2, 0.25) is 0 Å². The van der Waals surface area contributed by atoms with Gasteiger partial charge in [-0.3, -0.25) is 14.5 Å². The number of nitrogens with zero attached hydrogens (tertiary/aromatic N) is 1. The van der Waals surface area contributed by atoms with Crippen LogP contribution in [0.4, 0.5) is 0 Å². The molecule has 3 aromatic carbocycles. The standard InChI is InChI=1S/C32H27NO4/c34-30-28-23-15-16-24(26-18-25(23)26)29(28)31(35)33(30)27(17-19-7-3-1-4-8-19)32(36)37-22-13-11-21(12-14-22)20-9-5-2-6-10-20/h1-16,23-29H,17-18H2/t23-,24-,25-,26-,27-,28-,29+/m0/s1. The number of carbonyl (C=O) groups excluding carboxylic acids is 3. The monoisotopic (exact) mass is 489 g/mol. The summed E-state index contributed by atoms with van der Waals surface area (Å²) in [5.41, 5.74) is 2.96. The minimum atomic E-state index is -1.00. The second kappa shape index (κ2) is 8.55. The van der Waals surface area contributed by atoms with E-state index in [0.717, 1.165) is 23.1 Å². The Bertz CT molecular complexity index is 1360. The number of imide groups is 1. The van der Waals surface area contributed by atoms with Crippen molar-refractivity contribution in [3.05, 3.63) is 103 Å². The van der Waals surface area contributed by atoms with E-state index in [1.165, 1.54) is 4.90 Å². The highest BCUT2D eigenvalue weighted by Crippen LogP contribution is 2.65. The Morgan fingerprint density at radius 2 is 1.30 bits per heavy atom. The second-order valence-electron chi connectivity index (χ2n) is 10.7. The number of amides is 2. The summed E-state index contributed by atoms with van der Waals surface area (Å²) < 4.78 is 5.80. The Morgan fingerprint density at radius 3 is 1.89 bits per heavy atom. The van der Waals surface area contributed by atoms with Crippen LogP contribution in [0.15, 0.2) is 97.1 Å². The van der Waals surface area contributed by atoms with Crippen molar-refractivity contribution in [3.8, 4) is 16.9 Å². The fourth-order valence-corrected chi connectivity index (χ4v) is 6.93. The van der Waals surface area contributed by atoms with Crippen molar-refractivity contribution in [2.24, 2.45) is 35.5 Å². The van der Waals surface area contributed by atoms with Gasteiger partial charge < -0.3 is 4.74 Å². The molecular formula is C32H27NO4. The van der Waals surface area contributed by atoms with E-state index in [-0.39, 0.29) is 41.9 Å². The fourth-order valence-electron chi connectivity index (χ4n) is 6.93. The van der Waals surface area contributed by atoms with Crippen molar-refractivity contribution < 1.29 is 19.1 Å². The molecule has 3 aromatic rings. The zero-order valence-corrected chi connectivity index (χ0v) is 20.3. The molecule has 5 nitrogen and oxygen atoms in total.